The number of hydrogen-bond donors (Lipinski definition) is 1. The molecule has 2 fully saturated rings. The largest absolute Gasteiger partial charge is 0.488 e. The molecular formula is C23H22BrN3O4S. The van der Waals surface area contributed by atoms with Gasteiger partial charge in [0.2, 0.25) is 0 Å². The minimum absolute atomic E-state index is 0.0344. The van der Waals surface area contributed by atoms with E-state index in [4.69, 9.17) is 17.0 Å². The lowest BCUT2D eigenvalue weighted by atomic mass is 9.94. The summed E-state index contributed by atoms with van der Waals surface area (Å²) >= 11 is 8.93. The number of rotatable bonds is 6. The van der Waals surface area contributed by atoms with Crippen LogP contribution in [0.25, 0.3) is 6.08 Å². The number of halogens is 1. The molecule has 0 aromatic heterocycles. The molecule has 1 saturated heterocycles. The first-order chi connectivity index (χ1) is 15.4. The fourth-order valence-electron chi connectivity index (χ4n) is 4.01. The van der Waals surface area contributed by atoms with Crippen LogP contribution >= 0.6 is 28.1 Å². The minimum Gasteiger partial charge on any atom is -0.488 e. The predicted molar refractivity (Wildman–Crippen MR) is 129 cm³/mol. The highest BCUT2D eigenvalue weighted by molar-refractivity contribution is 9.10. The van der Waals surface area contributed by atoms with E-state index in [1.54, 1.807) is 23.1 Å². The average Bonchev–Trinajstić information content (AvgIpc) is 3.06. The van der Waals surface area contributed by atoms with Crippen molar-refractivity contribution in [1.29, 1.82) is 0 Å². The van der Waals surface area contributed by atoms with Crippen LogP contribution in [0.4, 0.5) is 5.69 Å². The molecule has 1 saturated carbocycles. The van der Waals surface area contributed by atoms with Crippen LogP contribution in [0.1, 0.15) is 43.2 Å². The zero-order chi connectivity index (χ0) is 22.7. The molecule has 166 valence electrons. The van der Waals surface area contributed by atoms with Gasteiger partial charge in [-0.15, -0.1) is 0 Å². The van der Waals surface area contributed by atoms with E-state index < -0.39 is 4.92 Å². The lowest BCUT2D eigenvalue weighted by Gasteiger charge is -2.29. The van der Waals surface area contributed by atoms with Crippen molar-refractivity contribution >= 4 is 50.9 Å². The Hall–Kier alpha value is -2.78. The van der Waals surface area contributed by atoms with Crippen molar-refractivity contribution in [2.45, 2.75) is 44.8 Å². The van der Waals surface area contributed by atoms with E-state index in [0.717, 1.165) is 41.3 Å². The molecule has 1 N–H and O–H groups in total. The molecule has 32 heavy (non-hydrogen) atoms. The van der Waals surface area contributed by atoms with Gasteiger partial charge in [-0.25, -0.2) is 0 Å². The molecule has 2 aromatic carbocycles. The topological polar surface area (TPSA) is 84.7 Å². The first kappa shape index (κ1) is 22.4. The zero-order valence-electron chi connectivity index (χ0n) is 17.3. The van der Waals surface area contributed by atoms with Gasteiger partial charge >= 0.3 is 0 Å². The van der Waals surface area contributed by atoms with Gasteiger partial charge in [-0.3, -0.25) is 19.8 Å². The normalized spacial score (nSPS) is 18.2. The molecule has 0 radical (unpaired) electrons. The second-order valence-corrected chi connectivity index (χ2v) is 9.15. The Morgan fingerprint density at radius 3 is 2.59 bits per heavy atom. The van der Waals surface area contributed by atoms with E-state index in [9.17, 15) is 14.9 Å². The van der Waals surface area contributed by atoms with Gasteiger partial charge in [-0.05, 0) is 67.0 Å². The number of carbonyl (C=O) groups is 1. The minimum atomic E-state index is -0.434. The number of carbonyl (C=O) groups excluding carboxylic acids is 1. The Balaban J connectivity index is 1.53. The van der Waals surface area contributed by atoms with Crippen molar-refractivity contribution < 1.29 is 14.5 Å². The van der Waals surface area contributed by atoms with E-state index in [0.29, 0.717) is 16.6 Å². The van der Waals surface area contributed by atoms with Crippen molar-refractivity contribution in [3.63, 3.8) is 0 Å². The van der Waals surface area contributed by atoms with E-state index in [2.05, 4.69) is 21.2 Å². The Morgan fingerprint density at radius 2 is 1.91 bits per heavy atom. The number of non-ortho nitro benzene ring substituents is 1. The van der Waals surface area contributed by atoms with E-state index in [-0.39, 0.29) is 24.2 Å². The molecule has 0 atom stereocenters. The Kier molecular flexibility index (Phi) is 6.86. The van der Waals surface area contributed by atoms with Crippen LogP contribution < -0.4 is 10.1 Å². The molecule has 2 aliphatic rings. The van der Waals surface area contributed by atoms with Crippen LogP contribution in [0.5, 0.6) is 5.75 Å². The number of nitro groups is 1. The third-order valence-corrected chi connectivity index (χ3v) is 6.45. The van der Waals surface area contributed by atoms with Crippen LogP contribution in [-0.4, -0.2) is 26.9 Å². The van der Waals surface area contributed by atoms with Crippen LogP contribution in [0.2, 0.25) is 0 Å². The number of nitrogens with zero attached hydrogens (tertiary/aromatic N) is 2. The lowest BCUT2D eigenvalue weighted by molar-refractivity contribution is -0.384. The molecule has 1 heterocycles. The fraction of sp³-hybridized carbons (Fsp3) is 0.304. The summed E-state index contributed by atoms with van der Waals surface area (Å²) in [4.78, 5) is 25.2. The number of amides is 1. The quantitative estimate of drug-likeness (QED) is 0.242. The van der Waals surface area contributed by atoms with Crippen molar-refractivity contribution in [2.75, 3.05) is 0 Å². The maximum Gasteiger partial charge on any atom is 0.276 e. The summed E-state index contributed by atoms with van der Waals surface area (Å²) in [6.07, 6.45) is 7.13. The number of ether oxygens (including phenoxy) is 1. The van der Waals surface area contributed by atoms with Crippen molar-refractivity contribution in [3.8, 4) is 5.75 Å². The predicted octanol–water partition coefficient (Wildman–Crippen LogP) is 5.33. The smallest absolute Gasteiger partial charge is 0.276 e. The fourth-order valence-corrected chi connectivity index (χ4v) is 4.73. The lowest BCUT2D eigenvalue weighted by Crippen LogP contribution is -2.41. The summed E-state index contributed by atoms with van der Waals surface area (Å²) in [6, 6.07) is 11.9. The first-order valence-corrected chi connectivity index (χ1v) is 11.6. The molecular weight excluding hydrogens is 494 g/mol. The molecule has 1 amide bonds. The Morgan fingerprint density at radius 1 is 1.19 bits per heavy atom. The third-order valence-electron chi connectivity index (χ3n) is 5.66. The van der Waals surface area contributed by atoms with E-state index in [1.807, 2.05) is 18.2 Å². The molecule has 9 heteroatoms. The molecule has 1 aliphatic carbocycles. The molecule has 0 unspecified atom stereocenters. The summed E-state index contributed by atoms with van der Waals surface area (Å²) in [7, 11) is 0. The van der Waals surface area contributed by atoms with Gasteiger partial charge in [-0.2, -0.15) is 0 Å². The summed E-state index contributed by atoms with van der Waals surface area (Å²) in [5.41, 5.74) is 1.99. The summed E-state index contributed by atoms with van der Waals surface area (Å²) in [5, 5.41) is 14.4. The van der Waals surface area contributed by atoms with Gasteiger partial charge in [0, 0.05) is 28.2 Å². The Labute approximate surface area is 199 Å². The van der Waals surface area contributed by atoms with Crippen LogP contribution in [0.15, 0.2) is 52.6 Å². The molecule has 7 nitrogen and oxygen atoms in total. The zero-order valence-corrected chi connectivity index (χ0v) is 19.7. The van der Waals surface area contributed by atoms with Gasteiger partial charge in [0.1, 0.15) is 18.1 Å². The first-order valence-electron chi connectivity index (χ1n) is 10.4. The number of hydrogen-bond acceptors (Lipinski definition) is 5. The third kappa shape index (κ3) is 4.99. The highest BCUT2D eigenvalue weighted by Gasteiger charge is 2.36. The van der Waals surface area contributed by atoms with Gasteiger partial charge in [-0.1, -0.05) is 35.2 Å². The molecule has 4 rings (SSSR count). The molecule has 0 spiro atoms. The van der Waals surface area contributed by atoms with Crippen molar-refractivity contribution in [1.82, 2.24) is 10.2 Å². The molecule has 2 aromatic rings. The van der Waals surface area contributed by atoms with E-state index in [1.165, 1.54) is 18.6 Å². The van der Waals surface area contributed by atoms with E-state index >= 15 is 0 Å². The monoisotopic (exact) mass is 515 g/mol. The summed E-state index contributed by atoms with van der Waals surface area (Å²) in [6.45, 7) is 0.240. The highest BCUT2D eigenvalue weighted by atomic mass is 79.9. The van der Waals surface area contributed by atoms with Crippen LogP contribution in [0, 0.1) is 10.1 Å². The van der Waals surface area contributed by atoms with Crippen molar-refractivity contribution in [2.24, 2.45) is 0 Å². The van der Waals surface area contributed by atoms with Gasteiger partial charge < -0.3 is 10.1 Å². The van der Waals surface area contributed by atoms with Crippen LogP contribution in [0.3, 0.4) is 0 Å². The standard InChI is InChI=1S/C23H22BrN3O4S/c24-17-8-11-21(31-14-15-6-9-19(10-7-15)27(29)30)16(12-17)13-20-22(28)26(23(32)25-20)18-4-2-1-3-5-18/h6-13,18H,1-5,14H2,(H,25,32)/b20-13-. The number of nitro benzene ring substituents is 1. The number of nitrogens with one attached hydrogen (secondary N) is 1. The highest BCUT2D eigenvalue weighted by Crippen LogP contribution is 2.30. The Bertz CT molecular complexity index is 1080. The van der Waals surface area contributed by atoms with Gasteiger partial charge in [0.25, 0.3) is 11.6 Å². The van der Waals surface area contributed by atoms with Gasteiger partial charge in [0.15, 0.2) is 5.11 Å². The second-order valence-electron chi connectivity index (χ2n) is 7.85. The number of benzene rings is 2. The van der Waals surface area contributed by atoms with Crippen molar-refractivity contribution in [3.05, 3.63) is 73.9 Å². The summed E-state index contributed by atoms with van der Waals surface area (Å²) in [5.74, 6) is 0.485. The molecule has 0 bridgehead atoms. The van der Waals surface area contributed by atoms with Crippen LogP contribution in [-0.2, 0) is 11.4 Å². The summed E-state index contributed by atoms with van der Waals surface area (Å²) < 4.78 is 6.82. The number of thiocarbonyl (C=S) groups is 1. The SMILES string of the molecule is O=C1/C(=C/c2cc(Br)ccc2OCc2ccc([N+](=O)[O-])cc2)NC(=S)N1C1CCCCC1. The maximum absolute atomic E-state index is 13.1. The average molecular weight is 516 g/mol. The van der Waals surface area contributed by atoms with Gasteiger partial charge in [0.05, 0.1) is 4.92 Å². The maximum atomic E-state index is 13.1. The second kappa shape index (κ2) is 9.79. The molecule has 1 aliphatic heterocycles.